The van der Waals surface area contributed by atoms with E-state index in [-0.39, 0.29) is 32.1 Å². The monoisotopic (exact) mass is 480 g/mol. The fraction of sp³-hybridized carbons (Fsp3) is 0.545. The first-order chi connectivity index (χ1) is 16.2. The lowest BCUT2D eigenvalue weighted by Crippen LogP contribution is -2.62. The average Bonchev–Trinajstić information content (AvgIpc) is 3.17. The van der Waals surface area contributed by atoms with Crippen molar-refractivity contribution in [1.82, 2.24) is 5.32 Å². The number of nitro groups is 1. The maximum Gasteiger partial charge on any atom is 0.339 e. The van der Waals surface area contributed by atoms with E-state index >= 15 is 0 Å². The fourth-order valence-electron chi connectivity index (χ4n) is 3.99. The SMILES string of the molecule is CCOC(=O)[C@H]1[C@@H](c2ccc([N+](=O)[O-])cc2)NC(C(=O)OCC)(C(=O)OCC)[C@H]1C(=O)OCC. The number of carbonyl (C=O) groups excluding carboxylic acids is 4. The van der Waals surface area contributed by atoms with Gasteiger partial charge in [-0.3, -0.25) is 25.0 Å². The van der Waals surface area contributed by atoms with E-state index in [4.69, 9.17) is 18.9 Å². The molecule has 12 nitrogen and oxygen atoms in total. The Labute approximate surface area is 196 Å². The van der Waals surface area contributed by atoms with E-state index in [0.29, 0.717) is 5.56 Å². The van der Waals surface area contributed by atoms with Gasteiger partial charge in [-0.1, -0.05) is 12.1 Å². The summed E-state index contributed by atoms with van der Waals surface area (Å²) >= 11 is 0. The van der Waals surface area contributed by atoms with Crippen LogP contribution in [0.1, 0.15) is 39.3 Å². The summed E-state index contributed by atoms with van der Waals surface area (Å²) in [6.07, 6.45) is 0. The lowest BCUT2D eigenvalue weighted by Gasteiger charge is -2.30. The van der Waals surface area contributed by atoms with Crippen LogP contribution < -0.4 is 5.32 Å². The van der Waals surface area contributed by atoms with Crippen molar-refractivity contribution >= 4 is 29.6 Å². The Morgan fingerprint density at radius 2 is 1.32 bits per heavy atom. The number of rotatable bonds is 10. The molecule has 34 heavy (non-hydrogen) atoms. The van der Waals surface area contributed by atoms with Gasteiger partial charge in [-0.2, -0.15) is 0 Å². The van der Waals surface area contributed by atoms with Crippen molar-refractivity contribution in [2.24, 2.45) is 11.8 Å². The van der Waals surface area contributed by atoms with Crippen molar-refractivity contribution in [1.29, 1.82) is 0 Å². The van der Waals surface area contributed by atoms with Crippen molar-refractivity contribution in [2.75, 3.05) is 26.4 Å². The van der Waals surface area contributed by atoms with Crippen molar-refractivity contribution in [2.45, 2.75) is 39.3 Å². The summed E-state index contributed by atoms with van der Waals surface area (Å²) in [6, 6.07) is 3.98. The Bertz CT molecular complexity index is 912. The van der Waals surface area contributed by atoms with Gasteiger partial charge in [-0.15, -0.1) is 0 Å². The van der Waals surface area contributed by atoms with Crippen molar-refractivity contribution in [3.05, 3.63) is 39.9 Å². The molecule has 1 saturated heterocycles. The average molecular weight is 480 g/mol. The minimum atomic E-state index is -2.41. The first-order valence-corrected chi connectivity index (χ1v) is 10.9. The topological polar surface area (TPSA) is 160 Å². The third-order valence-electron chi connectivity index (χ3n) is 5.33. The molecule has 0 bridgehead atoms. The van der Waals surface area contributed by atoms with E-state index in [0.717, 1.165) is 0 Å². The zero-order valence-electron chi connectivity index (χ0n) is 19.4. The zero-order valence-corrected chi connectivity index (χ0v) is 19.4. The van der Waals surface area contributed by atoms with Gasteiger partial charge in [0.1, 0.15) is 5.92 Å². The Balaban J connectivity index is 2.77. The number of non-ortho nitro benzene ring substituents is 1. The van der Waals surface area contributed by atoms with E-state index in [1.807, 2.05) is 0 Å². The van der Waals surface area contributed by atoms with Gasteiger partial charge in [-0.05, 0) is 33.3 Å². The predicted octanol–water partition coefficient (Wildman–Crippen LogP) is 1.46. The third kappa shape index (κ3) is 5.01. The standard InChI is InChI=1S/C22H28N2O10/c1-5-31-18(25)15-16(19(26)32-6-2)22(20(27)33-7-3,21(28)34-8-4)23-17(15)13-9-11-14(12-10-13)24(29)30/h9-12,15-17,23H,5-8H2,1-4H3/t15-,16-,17-/m1/s1. The summed E-state index contributed by atoms with van der Waals surface area (Å²) in [4.78, 5) is 63.1. The molecule has 186 valence electrons. The number of hydrogen-bond donors (Lipinski definition) is 1. The van der Waals surface area contributed by atoms with Gasteiger partial charge in [0.25, 0.3) is 5.69 Å². The van der Waals surface area contributed by atoms with Crippen molar-refractivity contribution in [3.8, 4) is 0 Å². The molecule has 3 atom stereocenters. The van der Waals surface area contributed by atoms with E-state index in [1.54, 1.807) is 6.92 Å². The molecular weight excluding hydrogens is 452 g/mol. The second-order valence-electron chi connectivity index (χ2n) is 7.23. The molecular formula is C22H28N2O10. The van der Waals surface area contributed by atoms with Crippen LogP contribution in [0.15, 0.2) is 24.3 Å². The van der Waals surface area contributed by atoms with Gasteiger partial charge in [0, 0.05) is 18.2 Å². The van der Waals surface area contributed by atoms with Crippen LogP contribution in [0.25, 0.3) is 0 Å². The summed E-state index contributed by atoms with van der Waals surface area (Å²) in [5.74, 6) is -7.21. The second-order valence-corrected chi connectivity index (χ2v) is 7.23. The minimum absolute atomic E-state index is 0.0380. The molecule has 0 radical (unpaired) electrons. The van der Waals surface area contributed by atoms with E-state index in [2.05, 4.69) is 5.32 Å². The third-order valence-corrected chi connectivity index (χ3v) is 5.33. The van der Waals surface area contributed by atoms with E-state index in [9.17, 15) is 29.3 Å². The molecule has 1 aliphatic rings. The van der Waals surface area contributed by atoms with Gasteiger partial charge in [0.2, 0.25) is 5.54 Å². The van der Waals surface area contributed by atoms with Crippen LogP contribution in [0.3, 0.4) is 0 Å². The van der Waals surface area contributed by atoms with Crippen molar-refractivity contribution < 1.29 is 43.0 Å². The first kappa shape index (κ1) is 26.7. The number of nitrogens with one attached hydrogen (secondary N) is 1. The molecule has 0 unspecified atom stereocenters. The summed E-state index contributed by atoms with van der Waals surface area (Å²) in [6.45, 7) is 5.75. The predicted molar refractivity (Wildman–Crippen MR) is 115 cm³/mol. The van der Waals surface area contributed by atoms with Crippen LogP contribution in [0.2, 0.25) is 0 Å². The molecule has 1 aromatic carbocycles. The molecule has 1 aromatic rings. The lowest BCUT2D eigenvalue weighted by molar-refractivity contribution is -0.384. The summed E-state index contributed by atoms with van der Waals surface area (Å²) in [5, 5.41) is 13.9. The molecule has 0 saturated carbocycles. The molecule has 0 aromatic heterocycles. The van der Waals surface area contributed by atoms with Crippen LogP contribution in [0, 0.1) is 22.0 Å². The summed E-state index contributed by atoms with van der Waals surface area (Å²) in [7, 11) is 0. The van der Waals surface area contributed by atoms with Gasteiger partial charge in [0.15, 0.2) is 0 Å². The molecule has 2 rings (SSSR count). The molecule has 0 aliphatic carbocycles. The molecule has 0 amide bonds. The van der Waals surface area contributed by atoms with Gasteiger partial charge >= 0.3 is 23.9 Å². The van der Waals surface area contributed by atoms with E-state index < -0.39 is 52.2 Å². The maximum absolute atomic E-state index is 13.2. The number of esters is 4. The number of nitrogens with zero attached hydrogens (tertiary/aromatic N) is 1. The maximum atomic E-state index is 13.2. The number of benzene rings is 1. The Hall–Kier alpha value is -3.54. The largest absolute Gasteiger partial charge is 0.466 e. The summed E-state index contributed by atoms with van der Waals surface area (Å²) in [5.41, 5.74) is -2.32. The summed E-state index contributed by atoms with van der Waals surface area (Å²) < 4.78 is 20.6. The van der Waals surface area contributed by atoms with E-state index in [1.165, 1.54) is 45.0 Å². The Morgan fingerprint density at radius 1 is 0.853 bits per heavy atom. The quantitative estimate of drug-likeness (QED) is 0.170. The highest BCUT2D eigenvalue weighted by molar-refractivity contribution is 6.11. The van der Waals surface area contributed by atoms with Gasteiger partial charge in [-0.25, -0.2) is 9.59 Å². The van der Waals surface area contributed by atoms with Crippen LogP contribution in [-0.4, -0.2) is 60.8 Å². The van der Waals surface area contributed by atoms with Gasteiger partial charge in [0.05, 0.1) is 37.3 Å². The first-order valence-electron chi connectivity index (χ1n) is 10.9. The molecule has 1 fully saturated rings. The molecule has 1 heterocycles. The lowest BCUT2D eigenvalue weighted by atomic mass is 9.77. The highest BCUT2D eigenvalue weighted by atomic mass is 16.6. The van der Waals surface area contributed by atoms with Crippen LogP contribution in [0.4, 0.5) is 5.69 Å². The fourth-order valence-corrected chi connectivity index (χ4v) is 3.99. The van der Waals surface area contributed by atoms with Crippen molar-refractivity contribution in [3.63, 3.8) is 0 Å². The number of hydrogen-bond acceptors (Lipinski definition) is 11. The number of ether oxygens (including phenoxy) is 4. The number of nitro benzene ring substituents is 1. The zero-order chi connectivity index (χ0) is 25.5. The normalized spacial score (nSPS) is 20.8. The Morgan fingerprint density at radius 3 is 1.76 bits per heavy atom. The van der Waals surface area contributed by atoms with Crippen LogP contribution in [0.5, 0.6) is 0 Å². The Kier molecular flexibility index (Phi) is 9.07. The number of carbonyl (C=O) groups is 4. The highest BCUT2D eigenvalue weighted by Gasteiger charge is 2.70. The second kappa shape index (κ2) is 11.5. The smallest absolute Gasteiger partial charge is 0.339 e. The molecule has 1 N–H and O–H groups in total. The molecule has 12 heteroatoms. The molecule has 1 aliphatic heterocycles. The van der Waals surface area contributed by atoms with Gasteiger partial charge < -0.3 is 18.9 Å². The molecule has 0 spiro atoms. The van der Waals surface area contributed by atoms with Crippen LogP contribution in [-0.2, 0) is 38.1 Å². The van der Waals surface area contributed by atoms with Crippen LogP contribution >= 0.6 is 0 Å². The minimum Gasteiger partial charge on any atom is -0.466 e. The highest BCUT2D eigenvalue weighted by Crippen LogP contribution is 2.46.